The summed E-state index contributed by atoms with van der Waals surface area (Å²) in [5, 5.41) is 3.04. The van der Waals surface area contributed by atoms with Gasteiger partial charge in [0.1, 0.15) is 0 Å². The number of rotatable bonds is 3. The number of urea groups is 1. The highest BCUT2D eigenvalue weighted by atomic mass is 16.2. The van der Waals surface area contributed by atoms with Crippen LogP contribution >= 0.6 is 0 Å². The first-order valence-corrected chi connectivity index (χ1v) is 8.93. The molecular weight excluding hydrogens is 310 g/mol. The predicted octanol–water partition coefficient (Wildman–Crippen LogP) is 3.64. The van der Waals surface area contributed by atoms with Crippen molar-refractivity contribution in [1.29, 1.82) is 0 Å². The topological polar surface area (TPSA) is 35.6 Å². The first kappa shape index (κ1) is 17.3. The minimum absolute atomic E-state index is 0.0294. The van der Waals surface area contributed by atoms with E-state index in [2.05, 4.69) is 61.3 Å². The van der Waals surface area contributed by atoms with Gasteiger partial charge in [0.25, 0.3) is 0 Å². The van der Waals surface area contributed by atoms with Gasteiger partial charge >= 0.3 is 6.03 Å². The number of aryl methyl sites for hydroxylation is 3. The van der Waals surface area contributed by atoms with E-state index >= 15 is 0 Å². The van der Waals surface area contributed by atoms with Crippen LogP contribution in [0, 0.1) is 20.8 Å². The average molecular weight is 337 g/mol. The Morgan fingerprint density at radius 3 is 2.36 bits per heavy atom. The third kappa shape index (κ3) is 4.32. The van der Waals surface area contributed by atoms with Gasteiger partial charge in [-0.1, -0.05) is 47.5 Å². The van der Waals surface area contributed by atoms with Crippen LogP contribution in [0.2, 0.25) is 0 Å². The van der Waals surface area contributed by atoms with Crippen LogP contribution in [0.3, 0.4) is 0 Å². The predicted molar refractivity (Wildman–Crippen MR) is 103 cm³/mol. The Hall–Kier alpha value is -2.49. The van der Waals surface area contributed by atoms with E-state index in [-0.39, 0.29) is 6.03 Å². The summed E-state index contributed by atoms with van der Waals surface area (Å²) in [6.07, 6.45) is 0. The molecule has 0 aromatic heterocycles. The van der Waals surface area contributed by atoms with Gasteiger partial charge in [-0.15, -0.1) is 0 Å². The zero-order valence-corrected chi connectivity index (χ0v) is 15.4. The Morgan fingerprint density at radius 1 is 0.960 bits per heavy atom. The molecule has 0 aliphatic carbocycles. The van der Waals surface area contributed by atoms with Gasteiger partial charge in [-0.3, -0.25) is 0 Å². The lowest BCUT2D eigenvalue weighted by molar-refractivity contribution is 0.194. The van der Waals surface area contributed by atoms with Crippen LogP contribution in [0.4, 0.5) is 10.5 Å². The van der Waals surface area contributed by atoms with Crippen molar-refractivity contribution in [2.24, 2.45) is 0 Å². The lowest BCUT2D eigenvalue weighted by atomic mass is 10.1. The number of carbonyl (C=O) groups is 1. The van der Waals surface area contributed by atoms with Crippen LogP contribution in [0.25, 0.3) is 0 Å². The maximum absolute atomic E-state index is 12.4. The van der Waals surface area contributed by atoms with E-state index in [1.54, 1.807) is 0 Å². The van der Waals surface area contributed by atoms with E-state index in [0.717, 1.165) is 31.7 Å². The second-order valence-corrected chi connectivity index (χ2v) is 6.91. The first-order valence-electron chi connectivity index (χ1n) is 8.93. The van der Waals surface area contributed by atoms with Crippen molar-refractivity contribution in [2.75, 3.05) is 31.1 Å². The van der Waals surface area contributed by atoms with Gasteiger partial charge in [0, 0.05) is 38.4 Å². The average Bonchev–Trinajstić information content (AvgIpc) is 2.60. The van der Waals surface area contributed by atoms with Crippen molar-refractivity contribution >= 4 is 11.7 Å². The minimum atomic E-state index is 0.0294. The molecule has 25 heavy (non-hydrogen) atoms. The van der Waals surface area contributed by atoms with Crippen molar-refractivity contribution in [3.63, 3.8) is 0 Å². The zero-order chi connectivity index (χ0) is 17.8. The Kier molecular flexibility index (Phi) is 5.27. The number of hydrogen-bond donors (Lipinski definition) is 1. The van der Waals surface area contributed by atoms with E-state index in [1.807, 2.05) is 17.0 Å². The highest BCUT2D eigenvalue weighted by molar-refractivity contribution is 5.74. The van der Waals surface area contributed by atoms with E-state index in [0.29, 0.717) is 6.54 Å². The van der Waals surface area contributed by atoms with Gasteiger partial charge in [0.2, 0.25) is 0 Å². The van der Waals surface area contributed by atoms with E-state index in [4.69, 9.17) is 0 Å². The number of carbonyl (C=O) groups excluding carboxylic acids is 1. The lowest BCUT2D eigenvalue weighted by Crippen LogP contribution is -2.51. The fourth-order valence-electron chi connectivity index (χ4n) is 3.42. The number of nitrogens with one attached hydrogen (secondary N) is 1. The maximum atomic E-state index is 12.4. The second-order valence-electron chi connectivity index (χ2n) is 6.91. The highest BCUT2D eigenvalue weighted by Crippen LogP contribution is 2.22. The van der Waals surface area contributed by atoms with Crippen LogP contribution in [0.15, 0.2) is 42.5 Å². The van der Waals surface area contributed by atoms with Gasteiger partial charge < -0.3 is 15.1 Å². The van der Waals surface area contributed by atoms with Crippen molar-refractivity contribution in [2.45, 2.75) is 27.3 Å². The molecule has 2 aromatic carbocycles. The molecular formula is C21H27N3O. The third-order valence-corrected chi connectivity index (χ3v) is 4.79. The summed E-state index contributed by atoms with van der Waals surface area (Å²) in [5.41, 5.74) is 6.23. The molecule has 1 saturated heterocycles. The van der Waals surface area contributed by atoms with Crippen LogP contribution in [0.5, 0.6) is 0 Å². The Labute approximate surface area is 150 Å². The molecule has 1 N–H and O–H groups in total. The smallest absolute Gasteiger partial charge is 0.317 e. The number of hydrogen-bond acceptors (Lipinski definition) is 2. The number of nitrogens with zero attached hydrogens (tertiary/aromatic N) is 2. The monoisotopic (exact) mass is 337 g/mol. The van der Waals surface area contributed by atoms with Gasteiger partial charge in [-0.2, -0.15) is 0 Å². The lowest BCUT2D eigenvalue weighted by Gasteiger charge is -2.36. The number of amides is 2. The molecule has 1 aliphatic rings. The Morgan fingerprint density at radius 2 is 1.68 bits per heavy atom. The molecule has 0 radical (unpaired) electrons. The van der Waals surface area contributed by atoms with Crippen molar-refractivity contribution in [3.8, 4) is 0 Å². The fraction of sp³-hybridized carbons (Fsp3) is 0.381. The van der Waals surface area contributed by atoms with Gasteiger partial charge in [0.15, 0.2) is 0 Å². The standard InChI is InChI=1S/C21H27N3O/c1-16-5-4-6-19(14-16)15-22-21(25)24-11-9-23(10-12-24)20-8-7-17(2)13-18(20)3/h4-8,13-14H,9-12,15H2,1-3H3,(H,22,25). The molecule has 4 nitrogen and oxygen atoms in total. The summed E-state index contributed by atoms with van der Waals surface area (Å²) in [5.74, 6) is 0. The molecule has 4 heteroatoms. The molecule has 3 rings (SSSR count). The summed E-state index contributed by atoms with van der Waals surface area (Å²) in [7, 11) is 0. The van der Waals surface area contributed by atoms with Crippen LogP contribution in [0.1, 0.15) is 22.3 Å². The van der Waals surface area contributed by atoms with Gasteiger partial charge in [0.05, 0.1) is 0 Å². The first-order chi connectivity index (χ1) is 12.0. The Bertz CT molecular complexity index is 749. The molecule has 1 heterocycles. The number of piperazine rings is 1. The summed E-state index contributed by atoms with van der Waals surface area (Å²) < 4.78 is 0. The van der Waals surface area contributed by atoms with Gasteiger partial charge in [-0.25, -0.2) is 4.79 Å². The molecule has 1 fully saturated rings. The van der Waals surface area contributed by atoms with Crippen LogP contribution in [-0.2, 0) is 6.54 Å². The molecule has 0 saturated carbocycles. The summed E-state index contributed by atoms with van der Waals surface area (Å²) in [6.45, 7) is 10.2. The largest absolute Gasteiger partial charge is 0.368 e. The SMILES string of the molecule is Cc1cccc(CNC(=O)N2CCN(c3ccc(C)cc3C)CC2)c1. The van der Waals surface area contributed by atoms with Crippen molar-refractivity contribution in [1.82, 2.24) is 10.2 Å². The Balaban J connectivity index is 1.52. The number of benzene rings is 2. The molecule has 132 valence electrons. The molecule has 0 atom stereocenters. The summed E-state index contributed by atoms with van der Waals surface area (Å²) in [6, 6.07) is 14.8. The minimum Gasteiger partial charge on any atom is -0.368 e. The quantitative estimate of drug-likeness (QED) is 0.928. The molecule has 2 amide bonds. The summed E-state index contributed by atoms with van der Waals surface area (Å²) in [4.78, 5) is 16.7. The summed E-state index contributed by atoms with van der Waals surface area (Å²) >= 11 is 0. The van der Waals surface area contributed by atoms with Crippen molar-refractivity contribution in [3.05, 3.63) is 64.7 Å². The van der Waals surface area contributed by atoms with E-state index in [1.165, 1.54) is 22.4 Å². The molecule has 0 unspecified atom stereocenters. The van der Waals surface area contributed by atoms with E-state index < -0.39 is 0 Å². The fourth-order valence-corrected chi connectivity index (χ4v) is 3.42. The van der Waals surface area contributed by atoms with E-state index in [9.17, 15) is 4.79 Å². The maximum Gasteiger partial charge on any atom is 0.317 e. The number of anilines is 1. The van der Waals surface area contributed by atoms with Gasteiger partial charge in [-0.05, 0) is 38.0 Å². The van der Waals surface area contributed by atoms with Crippen LogP contribution in [-0.4, -0.2) is 37.1 Å². The van der Waals surface area contributed by atoms with Crippen molar-refractivity contribution < 1.29 is 4.79 Å². The van der Waals surface area contributed by atoms with Crippen LogP contribution < -0.4 is 10.2 Å². The third-order valence-electron chi connectivity index (χ3n) is 4.79. The molecule has 1 aliphatic heterocycles. The molecule has 0 spiro atoms. The normalized spacial score (nSPS) is 14.5. The molecule has 2 aromatic rings. The second kappa shape index (κ2) is 7.60. The zero-order valence-electron chi connectivity index (χ0n) is 15.4. The highest BCUT2D eigenvalue weighted by Gasteiger charge is 2.21. The molecule has 0 bridgehead atoms.